The number of carboxylic acid groups (broad SMARTS) is 1. The molecule has 5 heterocycles. The molecule has 2 bridgehead atoms. The number of nitrogens with one attached hydrogen (secondary N) is 1. The van der Waals surface area contributed by atoms with Crippen molar-refractivity contribution in [2.45, 2.75) is 69.4 Å². The van der Waals surface area contributed by atoms with Gasteiger partial charge >= 0.3 is 18.7 Å². The molecule has 356 valence electrons. The Kier molecular flexibility index (Phi) is 14.2. The predicted octanol–water partition coefficient (Wildman–Crippen LogP) is 9.06. The van der Waals surface area contributed by atoms with Gasteiger partial charge in [0, 0.05) is 30.1 Å². The molecule has 4 aromatic carbocycles. The lowest BCUT2D eigenvalue weighted by molar-refractivity contribution is -0.605. The minimum absolute atomic E-state index is 0.0247. The van der Waals surface area contributed by atoms with Gasteiger partial charge in [-0.1, -0.05) is 83.9 Å². The molecule has 4 aliphatic heterocycles. The van der Waals surface area contributed by atoms with E-state index in [4.69, 9.17) is 42.1 Å². The summed E-state index contributed by atoms with van der Waals surface area (Å²) in [6.45, 7) is -0.107. The second kappa shape index (κ2) is 20.6. The number of carbonyl (C=O) groups excluding carboxylic acids is 2. The van der Waals surface area contributed by atoms with Crippen LogP contribution in [0.3, 0.4) is 0 Å². The van der Waals surface area contributed by atoms with Crippen LogP contribution in [0, 0.1) is 23.0 Å². The Morgan fingerprint density at radius 3 is 2.25 bits per heavy atom. The third-order valence-electron chi connectivity index (χ3n) is 13.4. The Labute approximate surface area is 402 Å². The van der Waals surface area contributed by atoms with E-state index >= 15 is 0 Å². The molecule has 0 radical (unpaired) electrons. The molecule has 2 amide bonds. The molecule has 5 atom stereocenters. The third-order valence-corrected chi connectivity index (χ3v) is 14.1. The average molecular weight is 972 g/mol. The molecule has 2 unspecified atom stereocenters. The van der Waals surface area contributed by atoms with Crippen molar-refractivity contribution in [2.24, 2.45) is 17.8 Å². The van der Waals surface area contributed by atoms with Crippen LogP contribution >= 0.6 is 23.2 Å². The summed E-state index contributed by atoms with van der Waals surface area (Å²) in [7, 11) is 0. The van der Waals surface area contributed by atoms with Crippen LogP contribution in [-0.2, 0) is 22.6 Å². The monoisotopic (exact) mass is 970 g/mol. The summed E-state index contributed by atoms with van der Waals surface area (Å²) in [6, 6.07) is 26.8. The molecule has 5 fully saturated rings. The van der Waals surface area contributed by atoms with Gasteiger partial charge in [-0.2, -0.15) is 13.5 Å². The number of halogens is 4. The minimum Gasteiger partial charge on any atom is -0.619 e. The molecule has 5 aliphatic rings. The molecule has 1 aromatic heterocycles. The number of likely N-dealkylation sites (tertiary alicyclic amines) is 1. The number of fused-ring (bicyclic) bond motifs is 3. The number of alkyl halides is 2. The molecule has 68 heavy (non-hydrogen) atoms. The number of hydrogen-bond acceptors (Lipinski definition) is 9. The van der Waals surface area contributed by atoms with Crippen molar-refractivity contribution in [3.63, 3.8) is 0 Å². The van der Waals surface area contributed by atoms with Gasteiger partial charge < -0.3 is 39.5 Å². The number of amides is 2. The Morgan fingerprint density at radius 1 is 0.824 bits per heavy atom. The molecule has 4 saturated heterocycles. The zero-order valence-electron chi connectivity index (χ0n) is 36.9. The number of pyridine rings is 1. The van der Waals surface area contributed by atoms with Gasteiger partial charge in [-0.3, -0.25) is 14.5 Å². The fraction of sp³-hybridized carbons (Fsp3) is 0.373. The molecule has 1 saturated carbocycles. The number of aromatic nitrogens is 1. The van der Waals surface area contributed by atoms with Gasteiger partial charge in [-0.25, -0.2) is 4.79 Å². The second-order valence-corrected chi connectivity index (χ2v) is 18.8. The minimum atomic E-state index is -3.13. The molecule has 17 heteroatoms. The van der Waals surface area contributed by atoms with Crippen LogP contribution in [0.4, 0.5) is 13.6 Å². The van der Waals surface area contributed by atoms with Crippen molar-refractivity contribution in [1.29, 1.82) is 0 Å². The Balaban J connectivity index is 0.947. The lowest BCUT2D eigenvalue weighted by Crippen LogP contribution is -2.63. The Hall–Kier alpha value is -6.16. The Morgan fingerprint density at radius 2 is 1.56 bits per heavy atom. The van der Waals surface area contributed by atoms with Crippen LogP contribution in [0.25, 0.3) is 0 Å². The summed E-state index contributed by atoms with van der Waals surface area (Å²) >= 11 is 13.1. The fourth-order valence-corrected chi connectivity index (χ4v) is 10.2. The van der Waals surface area contributed by atoms with Gasteiger partial charge in [0.15, 0.2) is 23.9 Å². The number of rotatable bonds is 18. The third kappa shape index (κ3) is 10.9. The summed E-state index contributed by atoms with van der Waals surface area (Å²) in [5, 5.41) is 25.9. The lowest BCUT2D eigenvalue weighted by Gasteiger charge is -2.50. The van der Waals surface area contributed by atoms with Gasteiger partial charge in [-0.05, 0) is 116 Å². The van der Waals surface area contributed by atoms with Crippen LogP contribution in [0.1, 0.15) is 75.8 Å². The Bertz CT molecular complexity index is 2610. The van der Waals surface area contributed by atoms with Crippen molar-refractivity contribution < 1.29 is 51.9 Å². The summed E-state index contributed by atoms with van der Waals surface area (Å²) < 4.78 is 50.6. The number of nitrogens with zero attached hydrogens (tertiary/aromatic N) is 3. The first-order chi connectivity index (χ1) is 32.9. The van der Waals surface area contributed by atoms with E-state index in [9.17, 15) is 33.5 Å². The molecule has 1 aliphatic carbocycles. The fourth-order valence-electron chi connectivity index (χ4n) is 9.64. The first kappa shape index (κ1) is 46.9. The van der Waals surface area contributed by atoms with Gasteiger partial charge in [0.05, 0.1) is 24.6 Å². The van der Waals surface area contributed by atoms with E-state index in [1.165, 1.54) is 23.1 Å². The van der Waals surface area contributed by atoms with Gasteiger partial charge in [-0.15, -0.1) is 0 Å². The summed E-state index contributed by atoms with van der Waals surface area (Å²) in [5.74, 6) is -2.47. The van der Waals surface area contributed by atoms with Crippen LogP contribution in [-0.4, -0.2) is 84.4 Å². The van der Waals surface area contributed by atoms with Crippen molar-refractivity contribution in [1.82, 2.24) is 15.1 Å². The predicted molar refractivity (Wildman–Crippen MR) is 247 cm³/mol. The van der Waals surface area contributed by atoms with Gasteiger partial charge in [0.2, 0.25) is 0 Å². The summed E-state index contributed by atoms with van der Waals surface area (Å²) in [4.78, 5) is 44.6. The highest BCUT2D eigenvalue weighted by Crippen LogP contribution is 2.44. The number of aliphatic carboxylic acids is 1. The van der Waals surface area contributed by atoms with Crippen LogP contribution in [0.15, 0.2) is 109 Å². The summed E-state index contributed by atoms with van der Waals surface area (Å²) in [5.41, 5.74) is 3.36. The molecular weight excluding hydrogens is 921 g/mol. The van der Waals surface area contributed by atoms with E-state index < -0.39 is 48.5 Å². The van der Waals surface area contributed by atoms with E-state index in [-0.39, 0.29) is 65.3 Å². The van der Waals surface area contributed by atoms with E-state index in [0.29, 0.717) is 33.1 Å². The number of carboxylic acids is 1. The summed E-state index contributed by atoms with van der Waals surface area (Å²) in [6.07, 6.45) is 5.49. The standard InChI is InChI=1S/C51H50Cl2F2N4O9/c52-41-25-58(64)26-42(53)39(41)23-38(34-14-15-43(67-50(54)55)44(22-34)66-28-30-12-13-30)47-40(49(61)62)24-59(47)48(60)36-10-4-6-31(20-36)29-65-37-11-5-9-35(21-37)46(33-7-2-1-3-8-33)56-51(63)68-45-27-57-18-16-32(45)17-19-57/h1-11,14-15,20-22,25-26,30,32,38,40,45-47,50H,12-13,16-19,23-24,27-29H2,(H,56,63)(H,61,62)/t38-,40?,45-,46-,47?/m0/s1. The maximum atomic E-state index is 14.6. The molecule has 2 N–H and O–H groups in total. The van der Waals surface area contributed by atoms with E-state index in [1.54, 1.807) is 24.3 Å². The van der Waals surface area contributed by atoms with Crippen LogP contribution in [0.2, 0.25) is 10.0 Å². The highest BCUT2D eigenvalue weighted by Gasteiger charge is 2.51. The lowest BCUT2D eigenvalue weighted by atomic mass is 9.73. The van der Waals surface area contributed by atoms with Gasteiger partial charge in [0.1, 0.15) is 28.5 Å². The zero-order chi connectivity index (χ0) is 47.5. The number of ether oxygens (including phenoxy) is 4. The van der Waals surface area contributed by atoms with Crippen molar-refractivity contribution in [2.75, 3.05) is 32.8 Å². The quantitative estimate of drug-likeness (QED) is 0.0643. The average Bonchev–Trinajstić information content (AvgIpc) is 4.15. The highest BCUT2D eigenvalue weighted by atomic mass is 35.5. The van der Waals surface area contributed by atoms with Crippen molar-refractivity contribution >= 4 is 41.2 Å². The zero-order valence-corrected chi connectivity index (χ0v) is 38.4. The number of piperidine rings is 3. The smallest absolute Gasteiger partial charge is 0.408 e. The van der Waals surface area contributed by atoms with Crippen LogP contribution in [0.5, 0.6) is 17.2 Å². The highest BCUT2D eigenvalue weighted by molar-refractivity contribution is 6.35. The number of carbonyl (C=O) groups is 3. The normalized spacial score (nSPS) is 21.6. The molecule has 5 aromatic rings. The van der Waals surface area contributed by atoms with E-state index in [1.807, 2.05) is 54.6 Å². The first-order valence-corrected chi connectivity index (χ1v) is 23.5. The maximum Gasteiger partial charge on any atom is 0.408 e. The second-order valence-electron chi connectivity index (χ2n) is 18.0. The number of benzene rings is 4. The molecule has 0 spiro atoms. The molecule has 10 rings (SSSR count). The van der Waals surface area contributed by atoms with Crippen LogP contribution < -0.4 is 24.3 Å². The topological polar surface area (TPSA) is 154 Å². The van der Waals surface area contributed by atoms with E-state index in [2.05, 4.69) is 10.2 Å². The van der Waals surface area contributed by atoms with Gasteiger partial charge in [0.25, 0.3) is 5.91 Å². The SMILES string of the molecule is O=C(N[C@@H](c1ccccc1)c1cccc(OCc2cccc(C(=O)N3CC(C(=O)O)C3[C@@H](Cc3c(Cl)c[n+]([O-])cc3Cl)c3ccc(OC(F)F)c(OCC4CC4)c3)c2)c1)O[C@H]1CN2CCC1CC2. The van der Waals surface area contributed by atoms with E-state index in [0.717, 1.165) is 68.8 Å². The van der Waals surface area contributed by atoms with Crippen molar-refractivity contribution in [3.05, 3.63) is 158 Å². The van der Waals surface area contributed by atoms with Crippen molar-refractivity contribution in [3.8, 4) is 17.2 Å². The first-order valence-electron chi connectivity index (χ1n) is 22.7. The largest absolute Gasteiger partial charge is 0.619 e. The molecule has 13 nitrogen and oxygen atoms in total. The molecular formula is C51H50Cl2F2N4O9. The maximum absolute atomic E-state index is 14.6. The number of alkyl carbamates (subject to hydrolysis) is 1. The number of hydrogen-bond donors (Lipinski definition) is 2.